The lowest BCUT2D eigenvalue weighted by molar-refractivity contribution is -0.153. The fourth-order valence-corrected chi connectivity index (χ4v) is 6.91. The van der Waals surface area contributed by atoms with Crippen molar-refractivity contribution in [1.82, 2.24) is 9.55 Å². The van der Waals surface area contributed by atoms with Crippen molar-refractivity contribution in [2.24, 2.45) is 22.7 Å². The van der Waals surface area contributed by atoms with E-state index in [0.29, 0.717) is 18.4 Å². The first-order chi connectivity index (χ1) is 15.5. The number of allylic oxidation sites excluding steroid dienone is 1. The third-order valence-corrected chi connectivity index (χ3v) is 9.09. The van der Waals surface area contributed by atoms with Gasteiger partial charge in [-0.05, 0) is 71.4 Å². The fraction of sp³-hybridized carbons (Fsp3) is 0.625. The molecule has 1 aliphatic heterocycles. The number of nitrogens with one attached hydrogen (secondary N) is 1. The van der Waals surface area contributed by atoms with Gasteiger partial charge in [-0.1, -0.05) is 26.0 Å². The summed E-state index contributed by atoms with van der Waals surface area (Å²) in [6, 6.07) is -0.648. The van der Waals surface area contributed by atoms with Crippen LogP contribution in [0, 0.1) is 22.7 Å². The first-order valence-corrected chi connectivity index (χ1v) is 12.2. The van der Waals surface area contributed by atoms with E-state index < -0.39 is 34.8 Å². The Balaban J connectivity index is 1.79. The topological polar surface area (TPSA) is 122 Å². The van der Waals surface area contributed by atoms with Gasteiger partial charge < -0.3 is 14.9 Å². The molecule has 0 bridgehead atoms. The Labute approximate surface area is 200 Å². The van der Waals surface area contributed by atoms with Crippen LogP contribution in [-0.4, -0.2) is 45.1 Å². The Kier molecular flexibility index (Phi) is 6.35. The smallest absolute Gasteiger partial charge is 0.336 e. The number of aliphatic hydroxyl groups is 2. The molecule has 1 aromatic heterocycles. The maximum atomic E-state index is 12.8. The van der Waals surface area contributed by atoms with Gasteiger partial charge in [0.05, 0.1) is 28.8 Å². The lowest BCUT2D eigenvalue weighted by Crippen LogP contribution is -2.57. The number of hydrogen-bond acceptors (Lipinski definition) is 6. The summed E-state index contributed by atoms with van der Waals surface area (Å²) < 4.78 is 6.73. The summed E-state index contributed by atoms with van der Waals surface area (Å²) in [5.74, 6) is -0.485. The van der Waals surface area contributed by atoms with Crippen molar-refractivity contribution in [2.75, 3.05) is 13.2 Å². The van der Waals surface area contributed by atoms with Crippen molar-refractivity contribution < 1.29 is 19.7 Å². The Hall–Kier alpha value is -1.97. The molecule has 2 fully saturated rings. The molecule has 0 radical (unpaired) electrons. The third-order valence-electron chi connectivity index (χ3n) is 8.52. The number of hydrogen-bond donors (Lipinski definition) is 3. The van der Waals surface area contributed by atoms with Crippen LogP contribution in [0.3, 0.4) is 0 Å². The quantitative estimate of drug-likeness (QED) is 0.403. The van der Waals surface area contributed by atoms with E-state index in [0.717, 1.165) is 24.8 Å². The summed E-state index contributed by atoms with van der Waals surface area (Å²) in [4.78, 5) is 39.6. The van der Waals surface area contributed by atoms with E-state index in [1.807, 2.05) is 6.92 Å². The molecule has 0 amide bonds. The van der Waals surface area contributed by atoms with Crippen molar-refractivity contribution >= 4 is 21.9 Å². The largest absolute Gasteiger partial charge is 0.458 e. The summed E-state index contributed by atoms with van der Waals surface area (Å²) in [5, 5.41) is 21.0. The highest BCUT2D eigenvalue weighted by molar-refractivity contribution is 9.10. The summed E-state index contributed by atoms with van der Waals surface area (Å²) >= 11 is 3.19. The molecule has 8 nitrogen and oxygen atoms in total. The second-order valence-electron chi connectivity index (χ2n) is 10.2. The van der Waals surface area contributed by atoms with Gasteiger partial charge in [-0.2, -0.15) is 0 Å². The molecule has 180 valence electrons. The average molecular weight is 523 g/mol. The number of aromatic nitrogens is 2. The first-order valence-electron chi connectivity index (χ1n) is 11.4. The van der Waals surface area contributed by atoms with Crippen LogP contribution in [-0.2, 0) is 9.53 Å². The van der Waals surface area contributed by atoms with E-state index in [4.69, 9.17) is 4.74 Å². The van der Waals surface area contributed by atoms with Crippen LogP contribution in [0.2, 0.25) is 0 Å². The third kappa shape index (κ3) is 3.88. The second kappa shape index (κ2) is 8.67. The minimum absolute atomic E-state index is 0.0541. The lowest BCUT2D eigenvalue weighted by atomic mass is 9.46. The molecule has 3 N–H and O–H groups in total. The highest BCUT2D eigenvalue weighted by atomic mass is 79.9. The van der Waals surface area contributed by atoms with Gasteiger partial charge in [-0.15, -0.1) is 0 Å². The van der Waals surface area contributed by atoms with Crippen LogP contribution in [0.4, 0.5) is 0 Å². The molecule has 4 rings (SSSR count). The Morgan fingerprint density at radius 2 is 2.06 bits per heavy atom. The molecule has 0 aromatic carbocycles. The van der Waals surface area contributed by atoms with Gasteiger partial charge in [0, 0.05) is 11.6 Å². The Morgan fingerprint density at radius 1 is 1.33 bits per heavy atom. The van der Waals surface area contributed by atoms with E-state index in [-0.39, 0.29) is 34.9 Å². The number of aliphatic hydroxyl groups excluding tert-OH is 2. The monoisotopic (exact) mass is 522 g/mol. The number of nitrogens with zero attached hydrogens (tertiary/aromatic N) is 1. The molecule has 0 spiro atoms. The molecule has 3 unspecified atom stereocenters. The number of halogens is 1. The summed E-state index contributed by atoms with van der Waals surface area (Å²) in [7, 11) is 0. The molecule has 2 saturated carbocycles. The van der Waals surface area contributed by atoms with Gasteiger partial charge in [0.15, 0.2) is 0 Å². The number of cyclic esters (lactones) is 1. The Morgan fingerprint density at radius 3 is 2.70 bits per heavy atom. The second-order valence-corrected chi connectivity index (χ2v) is 11.0. The summed E-state index contributed by atoms with van der Waals surface area (Å²) in [6.07, 6.45) is 5.81. The number of carbonyl (C=O) groups excluding carboxylic acids is 1. The molecular formula is C24H31BrN2O6. The van der Waals surface area contributed by atoms with Crippen LogP contribution in [0.1, 0.15) is 52.0 Å². The lowest BCUT2D eigenvalue weighted by Gasteiger charge is -2.60. The number of fused-ring (bicyclic) bond motifs is 1. The minimum Gasteiger partial charge on any atom is -0.458 e. The van der Waals surface area contributed by atoms with Crippen LogP contribution in [0.25, 0.3) is 0 Å². The summed E-state index contributed by atoms with van der Waals surface area (Å²) in [6.45, 7) is 8.51. The van der Waals surface area contributed by atoms with Crippen molar-refractivity contribution in [3.8, 4) is 0 Å². The molecule has 0 saturated heterocycles. The minimum atomic E-state index is -0.648. The normalized spacial score (nSPS) is 35.1. The van der Waals surface area contributed by atoms with Gasteiger partial charge in [-0.25, -0.2) is 9.59 Å². The van der Waals surface area contributed by atoms with Crippen molar-refractivity contribution in [1.29, 1.82) is 0 Å². The zero-order valence-electron chi connectivity index (χ0n) is 19.0. The van der Waals surface area contributed by atoms with Crippen molar-refractivity contribution in [3.63, 3.8) is 0 Å². The van der Waals surface area contributed by atoms with Crippen LogP contribution in [0.5, 0.6) is 0 Å². The first kappa shape index (κ1) is 24.2. The van der Waals surface area contributed by atoms with Crippen LogP contribution < -0.4 is 11.2 Å². The van der Waals surface area contributed by atoms with E-state index in [2.05, 4.69) is 34.4 Å². The maximum Gasteiger partial charge on any atom is 0.336 e. The van der Waals surface area contributed by atoms with Crippen molar-refractivity contribution in [2.45, 2.75) is 58.1 Å². The predicted molar refractivity (Wildman–Crippen MR) is 126 cm³/mol. The molecule has 6 atom stereocenters. The van der Waals surface area contributed by atoms with E-state index in [1.54, 1.807) is 6.08 Å². The zero-order chi connectivity index (χ0) is 24.1. The number of ether oxygens (including phenoxy) is 1. The molecule has 2 heterocycles. The molecular weight excluding hydrogens is 492 g/mol. The summed E-state index contributed by atoms with van der Waals surface area (Å²) in [5.41, 5.74) is -0.626. The fourth-order valence-electron chi connectivity index (χ4n) is 6.59. The van der Waals surface area contributed by atoms with E-state index in [1.165, 1.54) is 10.8 Å². The molecule has 1 aromatic rings. The molecule has 9 heteroatoms. The average Bonchev–Trinajstić information content (AvgIpc) is 3.19. The SMILES string of the molecule is C=C1CCC2[C@](C)(CO)C(O)CC[C@]2(C)[C@H]1CC(C1=CCOC1=O)n1cc(Br)c(=O)[nH]c1=O. The Bertz CT molecular complexity index is 1120. The molecule has 2 aliphatic carbocycles. The van der Waals surface area contributed by atoms with Crippen LogP contribution >= 0.6 is 15.9 Å². The van der Waals surface area contributed by atoms with Gasteiger partial charge in [0.25, 0.3) is 5.56 Å². The maximum absolute atomic E-state index is 12.8. The number of esters is 1. The number of aromatic amines is 1. The van der Waals surface area contributed by atoms with Gasteiger partial charge in [-0.3, -0.25) is 14.3 Å². The molecule has 33 heavy (non-hydrogen) atoms. The van der Waals surface area contributed by atoms with Gasteiger partial charge in [0.2, 0.25) is 0 Å². The predicted octanol–water partition coefficient (Wildman–Crippen LogP) is 2.46. The number of carbonyl (C=O) groups is 1. The van der Waals surface area contributed by atoms with Gasteiger partial charge in [0.1, 0.15) is 6.61 Å². The zero-order valence-corrected chi connectivity index (χ0v) is 20.6. The standard InChI is InChI=1S/C24H31BrN2O6/c1-13-4-5-18-23(2,8-6-19(29)24(18,3)12-28)15(13)10-17(14-7-9-33-21(14)31)27-11-16(25)20(30)26-22(27)32/h7,11,15,17-19,28-29H,1,4-6,8-10,12H2,2-3H3,(H,26,30,32)/t15-,17?,18?,19?,23+,24-/m0/s1. The number of rotatable bonds is 5. The van der Waals surface area contributed by atoms with Gasteiger partial charge >= 0.3 is 11.7 Å². The van der Waals surface area contributed by atoms with Crippen molar-refractivity contribution in [3.05, 3.63) is 55.3 Å². The van der Waals surface area contributed by atoms with Crippen LogP contribution in [0.15, 0.2) is 44.1 Å². The highest BCUT2D eigenvalue weighted by Gasteiger charge is 2.58. The van der Waals surface area contributed by atoms with E-state index in [9.17, 15) is 24.6 Å². The van der Waals surface area contributed by atoms with E-state index >= 15 is 0 Å². The molecule has 3 aliphatic rings. The highest BCUT2D eigenvalue weighted by Crippen LogP contribution is 2.62. The number of H-pyrrole nitrogens is 1.